The summed E-state index contributed by atoms with van der Waals surface area (Å²) in [5.74, 6) is 0.617. The summed E-state index contributed by atoms with van der Waals surface area (Å²) >= 11 is 0. The van der Waals surface area contributed by atoms with Gasteiger partial charge in [0.2, 0.25) is 10.0 Å². The van der Waals surface area contributed by atoms with Gasteiger partial charge in [-0.3, -0.25) is 0 Å². The Bertz CT molecular complexity index is 1100. The fraction of sp³-hybridized carbons (Fsp3) is 0.0909. The van der Waals surface area contributed by atoms with Crippen LogP contribution >= 0.6 is 0 Å². The number of furan rings is 1. The molecule has 0 bridgehead atoms. The molecule has 0 spiro atoms. The molecular weight excluding hydrogens is 358 g/mol. The van der Waals surface area contributed by atoms with Crippen LogP contribution in [0.1, 0.15) is 11.3 Å². The normalized spacial score (nSPS) is 11.9. The van der Waals surface area contributed by atoms with Gasteiger partial charge in [-0.25, -0.2) is 8.42 Å². The maximum absolute atomic E-state index is 13.2. The van der Waals surface area contributed by atoms with E-state index in [-0.39, 0.29) is 18.0 Å². The van der Waals surface area contributed by atoms with Gasteiger partial charge in [0.05, 0.1) is 11.4 Å². The van der Waals surface area contributed by atoms with Crippen LogP contribution in [0.25, 0.3) is 11.0 Å². The van der Waals surface area contributed by atoms with Gasteiger partial charge in [0.1, 0.15) is 11.3 Å². The van der Waals surface area contributed by atoms with E-state index in [9.17, 15) is 8.42 Å². The van der Waals surface area contributed by atoms with E-state index in [0.717, 1.165) is 16.5 Å². The zero-order valence-corrected chi connectivity index (χ0v) is 15.5. The van der Waals surface area contributed by atoms with Crippen LogP contribution < -0.4 is 0 Å². The zero-order chi connectivity index (χ0) is 18.7. The fourth-order valence-electron chi connectivity index (χ4n) is 3.04. The Morgan fingerprint density at radius 2 is 1.37 bits per heavy atom. The Balaban J connectivity index is 1.71. The molecule has 1 heterocycles. The molecule has 136 valence electrons. The van der Waals surface area contributed by atoms with Crippen LogP contribution in [-0.2, 0) is 23.1 Å². The maximum Gasteiger partial charge on any atom is 0.243 e. The van der Waals surface area contributed by atoms with E-state index in [4.69, 9.17) is 4.42 Å². The number of para-hydroxylation sites is 1. The van der Waals surface area contributed by atoms with Crippen molar-refractivity contribution in [3.63, 3.8) is 0 Å². The minimum atomic E-state index is -3.66. The van der Waals surface area contributed by atoms with Crippen LogP contribution in [0.4, 0.5) is 0 Å². The molecule has 5 heteroatoms. The van der Waals surface area contributed by atoms with Crippen LogP contribution in [-0.4, -0.2) is 12.7 Å². The van der Waals surface area contributed by atoms with Crippen LogP contribution in [0.5, 0.6) is 0 Å². The molecular formula is C22H19NO3S. The molecule has 4 aromatic rings. The third-order valence-corrected chi connectivity index (χ3v) is 6.20. The second-order valence-corrected chi connectivity index (χ2v) is 8.26. The molecule has 3 aromatic carbocycles. The predicted molar refractivity (Wildman–Crippen MR) is 106 cm³/mol. The lowest BCUT2D eigenvalue weighted by Gasteiger charge is -2.21. The van der Waals surface area contributed by atoms with Crippen molar-refractivity contribution < 1.29 is 12.8 Å². The molecule has 4 rings (SSSR count). The summed E-state index contributed by atoms with van der Waals surface area (Å²) in [6.45, 7) is 0.440. The van der Waals surface area contributed by atoms with Crippen molar-refractivity contribution in [2.24, 2.45) is 0 Å². The summed E-state index contributed by atoms with van der Waals surface area (Å²) in [6, 6.07) is 27.6. The largest absolute Gasteiger partial charge is 0.460 e. The Morgan fingerprint density at radius 1 is 0.741 bits per heavy atom. The van der Waals surface area contributed by atoms with Crippen molar-refractivity contribution in [2.75, 3.05) is 0 Å². The van der Waals surface area contributed by atoms with Crippen molar-refractivity contribution in [2.45, 2.75) is 18.0 Å². The van der Waals surface area contributed by atoms with Crippen molar-refractivity contribution in [1.82, 2.24) is 4.31 Å². The first-order chi connectivity index (χ1) is 13.1. The highest BCUT2D eigenvalue weighted by molar-refractivity contribution is 7.89. The molecule has 0 saturated heterocycles. The predicted octanol–water partition coefficient (Wildman–Crippen LogP) is 4.82. The smallest absolute Gasteiger partial charge is 0.243 e. The fourth-order valence-corrected chi connectivity index (χ4v) is 4.46. The Labute approximate surface area is 158 Å². The summed E-state index contributed by atoms with van der Waals surface area (Å²) in [6.07, 6.45) is 0. The lowest BCUT2D eigenvalue weighted by Crippen LogP contribution is -2.30. The molecule has 0 aliphatic carbocycles. The van der Waals surface area contributed by atoms with Gasteiger partial charge in [0.25, 0.3) is 0 Å². The number of hydrogen-bond donors (Lipinski definition) is 0. The average Bonchev–Trinajstić information content (AvgIpc) is 3.11. The Kier molecular flexibility index (Phi) is 4.79. The van der Waals surface area contributed by atoms with Gasteiger partial charge < -0.3 is 4.42 Å². The molecule has 1 aromatic heterocycles. The van der Waals surface area contributed by atoms with Crippen molar-refractivity contribution in [3.8, 4) is 0 Å². The lowest BCUT2D eigenvalue weighted by molar-refractivity contribution is 0.365. The monoisotopic (exact) mass is 377 g/mol. The maximum atomic E-state index is 13.2. The van der Waals surface area contributed by atoms with Crippen LogP contribution in [0.2, 0.25) is 0 Å². The second kappa shape index (κ2) is 7.39. The topological polar surface area (TPSA) is 50.5 Å². The molecule has 0 aliphatic rings. The molecule has 0 atom stereocenters. The van der Waals surface area contributed by atoms with Crippen molar-refractivity contribution >= 4 is 21.0 Å². The first-order valence-electron chi connectivity index (χ1n) is 8.69. The van der Waals surface area contributed by atoms with Crippen LogP contribution in [0.3, 0.4) is 0 Å². The number of sulfonamides is 1. The van der Waals surface area contributed by atoms with Gasteiger partial charge in [0.15, 0.2) is 0 Å². The van der Waals surface area contributed by atoms with E-state index in [2.05, 4.69) is 0 Å². The molecule has 0 amide bonds. The Hall–Kier alpha value is -2.89. The highest BCUT2D eigenvalue weighted by Crippen LogP contribution is 2.24. The van der Waals surface area contributed by atoms with Gasteiger partial charge in [-0.2, -0.15) is 4.31 Å². The third kappa shape index (κ3) is 3.79. The summed E-state index contributed by atoms with van der Waals surface area (Å²) in [5, 5.41) is 0.962. The highest BCUT2D eigenvalue weighted by atomic mass is 32.2. The molecule has 0 aliphatic heterocycles. The zero-order valence-electron chi connectivity index (χ0n) is 14.7. The van der Waals surface area contributed by atoms with Crippen molar-refractivity contribution in [1.29, 1.82) is 0 Å². The van der Waals surface area contributed by atoms with Gasteiger partial charge in [-0.05, 0) is 29.8 Å². The summed E-state index contributed by atoms with van der Waals surface area (Å²) in [4.78, 5) is 0.275. The van der Waals surface area contributed by atoms with Gasteiger partial charge in [-0.1, -0.05) is 66.7 Å². The van der Waals surface area contributed by atoms with Gasteiger partial charge in [0, 0.05) is 11.9 Å². The first-order valence-corrected chi connectivity index (χ1v) is 10.1. The first kappa shape index (κ1) is 17.5. The number of fused-ring (bicyclic) bond motifs is 1. The quantitative estimate of drug-likeness (QED) is 0.484. The molecule has 0 fully saturated rings. The number of nitrogens with zero attached hydrogens (tertiary/aromatic N) is 1. The molecule has 4 nitrogen and oxygen atoms in total. The Morgan fingerprint density at radius 3 is 2.07 bits per heavy atom. The molecule has 0 saturated carbocycles. The van der Waals surface area contributed by atoms with E-state index in [1.165, 1.54) is 4.31 Å². The number of rotatable bonds is 6. The second-order valence-electron chi connectivity index (χ2n) is 6.32. The third-order valence-electron chi connectivity index (χ3n) is 4.39. The molecule has 0 N–H and O–H groups in total. The SMILES string of the molecule is O=S(=O)(c1ccccc1)N(Cc1ccccc1)Cc1cc2ccccc2o1. The highest BCUT2D eigenvalue weighted by Gasteiger charge is 2.26. The average molecular weight is 377 g/mol. The minimum absolute atomic E-state index is 0.167. The molecule has 0 unspecified atom stereocenters. The summed E-state index contributed by atoms with van der Waals surface area (Å²) in [7, 11) is -3.66. The van der Waals surface area contributed by atoms with Crippen molar-refractivity contribution in [3.05, 3.63) is 102 Å². The molecule has 0 radical (unpaired) electrons. The van der Waals surface area contributed by atoms with E-state index in [1.807, 2.05) is 60.7 Å². The van der Waals surface area contributed by atoms with E-state index < -0.39 is 10.0 Å². The lowest BCUT2D eigenvalue weighted by atomic mass is 10.2. The van der Waals surface area contributed by atoms with E-state index >= 15 is 0 Å². The van der Waals surface area contributed by atoms with E-state index in [1.54, 1.807) is 30.3 Å². The van der Waals surface area contributed by atoms with Crippen LogP contribution in [0, 0.1) is 0 Å². The molecule has 27 heavy (non-hydrogen) atoms. The summed E-state index contributed by atoms with van der Waals surface area (Å²) < 4.78 is 33.8. The van der Waals surface area contributed by atoms with Gasteiger partial charge in [-0.15, -0.1) is 0 Å². The number of benzene rings is 3. The van der Waals surface area contributed by atoms with Crippen LogP contribution in [0.15, 0.2) is 100 Å². The van der Waals surface area contributed by atoms with E-state index in [0.29, 0.717) is 5.76 Å². The van der Waals surface area contributed by atoms with Gasteiger partial charge >= 0.3 is 0 Å². The summed E-state index contributed by atoms with van der Waals surface area (Å²) in [5.41, 5.74) is 1.68. The minimum Gasteiger partial charge on any atom is -0.460 e. The number of hydrogen-bond acceptors (Lipinski definition) is 3. The standard InChI is InChI=1S/C22H19NO3S/c24-27(25,21-12-5-2-6-13-21)23(16-18-9-3-1-4-10-18)17-20-15-19-11-7-8-14-22(19)26-20/h1-15H,16-17H2.